The number of amides is 1. The molecule has 1 amide bonds. The minimum Gasteiger partial charge on any atom is -0.497 e. The van der Waals surface area contributed by atoms with E-state index in [9.17, 15) is 4.79 Å². The van der Waals surface area contributed by atoms with Crippen LogP contribution in [0.1, 0.15) is 43.5 Å². The van der Waals surface area contributed by atoms with Gasteiger partial charge in [-0.25, -0.2) is 0 Å². The Balaban J connectivity index is 2.09. The summed E-state index contributed by atoms with van der Waals surface area (Å²) in [6.07, 6.45) is 3.22. The van der Waals surface area contributed by atoms with Crippen molar-refractivity contribution in [3.05, 3.63) is 23.8 Å². The minimum atomic E-state index is -0.0649. The van der Waals surface area contributed by atoms with Crippen LogP contribution in [-0.2, 0) is 0 Å². The van der Waals surface area contributed by atoms with Gasteiger partial charge >= 0.3 is 0 Å². The second-order valence-corrected chi connectivity index (χ2v) is 6.18. The number of hydrogen-bond acceptors (Lipinski definition) is 3. The molecule has 0 radical (unpaired) electrons. The summed E-state index contributed by atoms with van der Waals surface area (Å²) in [6, 6.07) is 5.49. The van der Waals surface area contributed by atoms with Crippen molar-refractivity contribution in [1.82, 2.24) is 5.32 Å². The number of carbonyl (C=O) groups excluding carboxylic acids is 1. The smallest absolute Gasteiger partial charge is 0.251 e. The molecule has 1 N–H and O–H groups in total. The third kappa shape index (κ3) is 3.44. The van der Waals surface area contributed by atoms with E-state index in [0.717, 1.165) is 19.3 Å². The average Bonchev–Trinajstić information content (AvgIpc) is 2.77. The fourth-order valence-electron chi connectivity index (χ4n) is 2.77. The average molecular weight is 277 g/mol. The van der Waals surface area contributed by atoms with E-state index in [1.165, 1.54) is 0 Å². The third-order valence-corrected chi connectivity index (χ3v) is 3.92. The van der Waals surface area contributed by atoms with E-state index < -0.39 is 0 Å². The van der Waals surface area contributed by atoms with Gasteiger partial charge in [0.15, 0.2) is 0 Å². The zero-order valence-electron chi connectivity index (χ0n) is 12.7. The van der Waals surface area contributed by atoms with Gasteiger partial charge in [0.25, 0.3) is 5.91 Å². The molecule has 0 bridgehead atoms. The van der Waals surface area contributed by atoms with Crippen LogP contribution in [-0.4, -0.2) is 26.2 Å². The number of ether oxygens (including phenoxy) is 2. The van der Waals surface area contributed by atoms with Gasteiger partial charge in [-0.1, -0.05) is 13.8 Å². The third-order valence-electron chi connectivity index (χ3n) is 3.92. The van der Waals surface area contributed by atoms with Crippen LogP contribution in [0.3, 0.4) is 0 Å². The van der Waals surface area contributed by atoms with Gasteiger partial charge in [-0.3, -0.25) is 4.79 Å². The van der Waals surface area contributed by atoms with Crippen LogP contribution in [0, 0.1) is 5.41 Å². The maximum Gasteiger partial charge on any atom is 0.251 e. The lowest BCUT2D eigenvalue weighted by atomic mass is 9.92. The van der Waals surface area contributed by atoms with Gasteiger partial charge in [0, 0.05) is 17.7 Å². The zero-order valence-corrected chi connectivity index (χ0v) is 12.7. The maximum absolute atomic E-state index is 12.3. The summed E-state index contributed by atoms with van der Waals surface area (Å²) >= 11 is 0. The van der Waals surface area contributed by atoms with Crippen LogP contribution < -0.4 is 14.8 Å². The lowest BCUT2D eigenvalue weighted by Gasteiger charge is -2.18. The van der Waals surface area contributed by atoms with Gasteiger partial charge in [0.2, 0.25) is 0 Å². The van der Waals surface area contributed by atoms with Crippen LogP contribution in [0.15, 0.2) is 18.2 Å². The number of benzene rings is 1. The molecule has 1 aromatic carbocycles. The summed E-state index contributed by atoms with van der Waals surface area (Å²) in [5.74, 6) is 1.19. The molecule has 1 unspecified atom stereocenters. The van der Waals surface area contributed by atoms with E-state index in [1.807, 2.05) is 0 Å². The Bertz CT molecular complexity index is 474. The highest BCUT2D eigenvalue weighted by Gasteiger charge is 2.31. The zero-order chi connectivity index (χ0) is 14.8. The summed E-state index contributed by atoms with van der Waals surface area (Å²) in [4.78, 5) is 12.3. The van der Waals surface area contributed by atoms with Gasteiger partial charge in [-0.2, -0.15) is 0 Å². The molecule has 1 aromatic rings. The van der Waals surface area contributed by atoms with Crippen LogP contribution in [0.25, 0.3) is 0 Å². The van der Waals surface area contributed by atoms with Crippen molar-refractivity contribution in [2.24, 2.45) is 5.41 Å². The van der Waals surface area contributed by atoms with Crippen molar-refractivity contribution in [2.75, 3.05) is 14.2 Å². The van der Waals surface area contributed by atoms with Crippen molar-refractivity contribution in [2.45, 2.75) is 39.2 Å². The molecule has 1 atom stereocenters. The highest BCUT2D eigenvalue weighted by atomic mass is 16.5. The molecule has 0 aliphatic heterocycles. The lowest BCUT2D eigenvalue weighted by molar-refractivity contribution is 0.0935. The monoisotopic (exact) mass is 277 g/mol. The second-order valence-electron chi connectivity index (χ2n) is 6.18. The molecule has 0 saturated heterocycles. The molecule has 110 valence electrons. The first-order valence-corrected chi connectivity index (χ1v) is 6.97. The fraction of sp³-hybridized carbons (Fsp3) is 0.562. The molecule has 4 heteroatoms. The molecule has 1 aliphatic carbocycles. The first kappa shape index (κ1) is 14.7. The van der Waals surface area contributed by atoms with E-state index in [2.05, 4.69) is 19.2 Å². The summed E-state index contributed by atoms with van der Waals surface area (Å²) in [6.45, 7) is 4.49. The van der Waals surface area contributed by atoms with Crippen molar-refractivity contribution in [3.63, 3.8) is 0 Å². The SMILES string of the molecule is COc1cc(OC)cc(C(=O)NC2CCC(C)(C)C2)c1. The molecule has 0 heterocycles. The highest BCUT2D eigenvalue weighted by Crippen LogP contribution is 2.37. The molecular formula is C16H23NO3. The predicted octanol–water partition coefficient (Wildman–Crippen LogP) is 3.01. The maximum atomic E-state index is 12.3. The summed E-state index contributed by atoms with van der Waals surface area (Å²) in [5.41, 5.74) is 0.898. The van der Waals surface area contributed by atoms with Gasteiger partial charge in [-0.05, 0) is 36.8 Å². The molecular weight excluding hydrogens is 254 g/mol. The molecule has 4 nitrogen and oxygen atoms in total. The van der Waals surface area contributed by atoms with E-state index >= 15 is 0 Å². The molecule has 2 rings (SSSR count). The summed E-state index contributed by atoms with van der Waals surface area (Å²) < 4.78 is 10.4. The largest absolute Gasteiger partial charge is 0.497 e. The Morgan fingerprint density at radius 1 is 1.20 bits per heavy atom. The molecule has 1 fully saturated rings. The normalized spacial score (nSPS) is 20.5. The molecule has 1 saturated carbocycles. The molecule has 0 spiro atoms. The summed E-state index contributed by atoms with van der Waals surface area (Å²) in [5, 5.41) is 3.10. The first-order chi connectivity index (χ1) is 9.43. The minimum absolute atomic E-state index is 0.0649. The van der Waals surface area contributed by atoms with Crippen LogP contribution in [0.4, 0.5) is 0 Å². The predicted molar refractivity (Wildman–Crippen MR) is 78.4 cm³/mol. The Morgan fingerprint density at radius 2 is 1.80 bits per heavy atom. The van der Waals surface area contributed by atoms with Gasteiger partial charge in [0.1, 0.15) is 11.5 Å². The van der Waals surface area contributed by atoms with Gasteiger partial charge in [-0.15, -0.1) is 0 Å². The first-order valence-electron chi connectivity index (χ1n) is 6.97. The van der Waals surface area contributed by atoms with Crippen molar-refractivity contribution in [3.8, 4) is 11.5 Å². The number of methoxy groups -OCH3 is 2. The quantitative estimate of drug-likeness (QED) is 0.920. The van der Waals surface area contributed by atoms with Crippen LogP contribution in [0.5, 0.6) is 11.5 Å². The molecule has 0 aromatic heterocycles. The van der Waals surface area contributed by atoms with Crippen molar-refractivity contribution >= 4 is 5.91 Å². The molecule has 20 heavy (non-hydrogen) atoms. The van der Waals surface area contributed by atoms with E-state index in [0.29, 0.717) is 22.5 Å². The second kappa shape index (κ2) is 5.73. The van der Waals surface area contributed by atoms with E-state index in [4.69, 9.17) is 9.47 Å². The number of rotatable bonds is 4. The van der Waals surface area contributed by atoms with E-state index in [-0.39, 0.29) is 11.9 Å². The number of nitrogens with one attached hydrogen (secondary N) is 1. The van der Waals surface area contributed by atoms with Crippen molar-refractivity contribution < 1.29 is 14.3 Å². The van der Waals surface area contributed by atoms with Crippen LogP contribution in [0.2, 0.25) is 0 Å². The highest BCUT2D eigenvalue weighted by molar-refractivity contribution is 5.95. The molecule has 1 aliphatic rings. The van der Waals surface area contributed by atoms with Gasteiger partial charge in [0.05, 0.1) is 14.2 Å². The Labute approximate surface area is 120 Å². The Hall–Kier alpha value is -1.71. The van der Waals surface area contributed by atoms with E-state index in [1.54, 1.807) is 32.4 Å². The Morgan fingerprint density at radius 3 is 2.25 bits per heavy atom. The van der Waals surface area contributed by atoms with Gasteiger partial charge < -0.3 is 14.8 Å². The standard InChI is InChI=1S/C16H23NO3/c1-16(2)6-5-12(10-16)17-15(18)11-7-13(19-3)9-14(8-11)20-4/h7-9,12H,5-6,10H2,1-4H3,(H,17,18). The lowest BCUT2D eigenvalue weighted by Crippen LogP contribution is -2.33. The summed E-state index contributed by atoms with van der Waals surface area (Å²) in [7, 11) is 3.16. The van der Waals surface area contributed by atoms with Crippen molar-refractivity contribution in [1.29, 1.82) is 0 Å². The topological polar surface area (TPSA) is 47.6 Å². The Kier molecular flexibility index (Phi) is 4.21. The number of carbonyl (C=O) groups is 1. The van der Waals surface area contributed by atoms with Crippen LogP contribution >= 0.6 is 0 Å². The fourth-order valence-corrected chi connectivity index (χ4v) is 2.77. The number of hydrogen-bond donors (Lipinski definition) is 1.